The summed E-state index contributed by atoms with van der Waals surface area (Å²) in [5.41, 5.74) is 1.22. The number of rotatable bonds is 3. The maximum atomic E-state index is 10.7. The molecule has 2 nitrogen and oxygen atoms in total. The second-order valence-electron chi connectivity index (χ2n) is 2.67. The number of alkyl halides is 3. The lowest BCUT2D eigenvalue weighted by atomic mass is 10.1. The predicted molar refractivity (Wildman–Crippen MR) is 66.7 cm³/mol. The van der Waals surface area contributed by atoms with Crippen molar-refractivity contribution in [2.45, 2.75) is 8.56 Å². The predicted octanol–water partition coefficient (Wildman–Crippen LogP) is 3.94. The van der Waals surface area contributed by atoms with Gasteiger partial charge in [0.05, 0.1) is 14.1 Å². The van der Waals surface area contributed by atoms with Gasteiger partial charge in [0.15, 0.2) is 0 Å². The van der Waals surface area contributed by atoms with Gasteiger partial charge in [-0.05, 0) is 17.7 Å². The number of hydrogen-bond donors (Lipinski definition) is 1. The maximum absolute atomic E-state index is 10.7. The molecule has 0 heterocycles. The van der Waals surface area contributed by atoms with Crippen LogP contribution in [0.5, 0.6) is 0 Å². The topological polar surface area (TPSA) is 37.3 Å². The molecule has 1 unspecified atom stereocenters. The highest BCUT2D eigenvalue weighted by Gasteiger charge is 2.15. The van der Waals surface area contributed by atoms with E-state index in [0.29, 0.717) is 5.56 Å². The molecular weight excluding hydrogens is 380 g/mol. The highest BCUT2D eigenvalue weighted by Crippen LogP contribution is 2.34. The molecular formula is C9H7Br3O2. The van der Waals surface area contributed by atoms with Gasteiger partial charge in [-0.3, -0.25) is 0 Å². The standard InChI is InChI=1S/C9H7Br3O2/c10-7(8(11)12)5-2-1-3-6(4-5)9(13)14/h1-4,7-8H,(H,13,14). The maximum Gasteiger partial charge on any atom is 0.335 e. The fraction of sp³-hybridized carbons (Fsp3) is 0.222. The highest BCUT2D eigenvalue weighted by molar-refractivity contribution is 9.25. The third-order valence-corrected chi connectivity index (χ3v) is 5.21. The molecule has 0 saturated carbocycles. The normalized spacial score (nSPS) is 12.9. The summed E-state index contributed by atoms with van der Waals surface area (Å²) in [7, 11) is 0. The summed E-state index contributed by atoms with van der Waals surface area (Å²) in [6, 6.07) is 6.83. The van der Waals surface area contributed by atoms with E-state index in [9.17, 15) is 4.79 Å². The van der Waals surface area contributed by atoms with Crippen molar-refractivity contribution in [3.05, 3.63) is 35.4 Å². The number of aromatic carboxylic acids is 1. The van der Waals surface area contributed by atoms with Crippen molar-refractivity contribution in [2.24, 2.45) is 0 Å². The van der Waals surface area contributed by atoms with Crippen LogP contribution in [0.3, 0.4) is 0 Å². The molecule has 5 heteroatoms. The zero-order valence-corrected chi connectivity index (χ0v) is 11.7. The molecule has 0 aliphatic carbocycles. The van der Waals surface area contributed by atoms with E-state index in [2.05, 4.69) is 47.8 Å². The molecule has 0 saturated heterocycles. The quantitative estimate of drug-likeness (QED) is 0.799. The van der Waals surface area contributed by atoms with Crippen molar-refractivity contribution in [3.63, 3.8) is 0 Å². The Balaban J connectivity index is 2.99. The molecule has 14 heavy (non-hydrogen) atoms. The zero-order valence-electron chi connectivity index (χ0n) is 6.95. The molecule has 1 rings (SSSR count). The van der Waals surface area contributed by atoms with Crippen LogP contribution in [0.1, 0.15) is 20.7 Å². The average Bonchev–Trinajstić information content (AvgIpc) is 2.16. The minimum atomic E-state index is -0.910. The number of carboxylic acids is 1. The van der Waals surface area contributed by atoms with Crippen LogP contribution >= 0.6 is 47.8 Å². The number of carboxylic acid groups (broad SMARTS) is 1. The Bertz CT molecular complexity index is 339. The van der Waals surface area contributed by atoms with Crippen molar-refractivity contribution in [2.75, 3.05) is 0 Å². The molecule has 0 amide bonds. The van der Waals surface area contributed by atoms with Crippen LogP contribution in [0.4, 0.5) is 0 Å². The SMILES string of the molecule is O=C(O)c1cccc(C(Br)C(Br)Br)c1. The van der Waals surface area contributed by atoms with E-state index in [-0.39, 0.29) is 8.56 Å². The molecule has 0 aliphatic heterocycles. The van der Waals surface area contributed by atoms with Crippen molar-refractivity contribution in [1.82, 2.24) is 0 Å². The van der Waals surface area contributed by atoms with E-state index in [1.165, 1.54) is 0 Å². The molecule has 1 aromatic carbocycles. The van der Waals surface area contributed by atoms with Crippen molar-refractivity contribution in [3.8, 4) is 0 Å². The first-order valence-corrected chi connectivity index (χ1v) is 6.52. The second-order valence-corrected chi connectivity index (χ2v) is 6.86. The summed E-state index contributed by atoms with van der Waals surface area (Å²) in [5, 5.41) is 8.79. The lowest BCUT2D eigenvalue weighted by Gasteiger charge is -2.11. The van der Waals surface area contributed by atoms with Crippen LogP contribution in [0.25, 0.3) is 0 Å². The highest BCUT2D eigenvalue weighted by atomic mass is 79.9. The molecule has 1 atom stereocenters. The molecule has 0 radical (unpaired) electrons. The van der Waals surface area contributed by atoms with E-state index in [4.69, 9.17) is 5.11 Å². The Hall–Kier alpha value is 0.130. The van der Waals surface area contributed by atoms with Gasteiger partial charge in [0, 0.05) is 0 Å². The Kier molecular flexibility index (Phi) is 4.60. The molecule has 0 spiro atoms. The number of hydrogen-bond acceptors (Lipinski definition) is 1. The average molecular weight is 387 g/mol. The van der Waals surface area contributed by atoms with Crippen LogP contribution in [0, 0.1) is 0 Å². The van der Waals surface area contributed by atoms with Crippen molar-refractivity contribution < 1.29 is 9.90 Å². The van der Waals surface area contributed by atoms with Gasteiger partial charge >= 0.3 is 5.97 Å². The Morgan fingerprint density at radius 1 is 1.29 bits per heavy atom. The molecule has 0 bridgehead atoms. The van der Waals surface area contributed by atoms with E-state index in [0.717, 1.165) is 5.56 Å². The lowest BCUT2D eigenvalue weighted by molar-refractivity contribution is 0.0697. The minimum absolute atomic E-state index is 0.0433. The third-order valence-electron chi connectivity index (χ3n) is 1.67. The van der Waals surface area contributed by atoms with E-state index >= 15 is 0 Å². The van der Waals surface area contributed by atoms with Crippen LogP contribution in [0.15, 0.2) is 24.3 Å². The molecule has 76 valence electrons. The van der Waals surface area contributed by atoms with Crippen molar-refractivity contribution >= 4 is 53.8 Å². The van der Waals surface area contributed by atoms with Crippen LogP contribution in [-0.2, 0) is 0 Å². The summed E-state index contributed by atoms with van der Waals surface area (Å²) in [6.07, 6.45) is 0. The van der Waals surface area contributed by atoms with E-state index in [1.807, 2.05) is 6.07 Å². The van der Waals surface area contributed by atoms with Gasteiger partial charge in [-0.2, -0.15) is 0 Å². The van der Waals surface area contributed by atoms with Gasteiger partial charge in [0.1, 0.15) is 0 Å². The largest absolute Gasteiger partial charge is 0.478 e. The smallest absolute Gasteiger partial charge is 0.335 e. The Morgan fingerprint density at radius 2 is 1.93 bits per heavy atom. The summed E-state index contributed by atoms with van der Waals surface area (Å²) < 4.78 is 0.0686. The van der Waals surface area contributed by atoms with Gasteiger partial charge in [-0.1, -0.05) is 59.9 Å². The molecule has 1 N–H and O–H groups in total. The van der Waals surface area contributed by atoms with E-state index < -0.39 is 5.97 Å². The molecule has 0 fully saturated rings. The molecule has 0 aliphatic rings. The van der Waals surface area contributed by atoms with Crippen molar-refractivity contribution in [1.29, 1.82) is 0 Å². The second kappa shape index (κ2) is 5.28. The summed E-state index contributed by atoms with van der Waals surface area (Å²) in [5.74, 6) is -0.910. The lowest BCUT2D eigenvalue weighted by Crippen LogP contribution is -2.01. The summed E-state index contributed by atoms with van der Waals surface area (Å²) in [6.45, 7) is 0. The summed E-state index contributed by atoms with van der Waals surface area (Å²) >= 11 is 10.2. The minimum Gasteiger partial charge on any atom is -0.478 e. The Labute approximate surface area is 107 Å². The first-order chi connectivity index (χ1) is 6.52. The van der Waals surface area contributed by atoms with Crippen LogP contribution < -0.4 is 0 Å². The van der Waals surface area contributed by atoms with E-state index in [1.54, 1.807) is 18.2 Å². The molecule has 1 aromatic rings. The molecule has 0 aromatic heterocycles. The van der Waals surface area contributed by atoms with Gasteiger partial charge < -0.3 is 5.11 Å². The zero-order chi connectivity index (χ0) is 10.7. The first-order valence-electron chi connectivity index (χ1n) is 3.78. The monoisotopic (exact) mass is 384 g/mol. The van der Waals surface area contributed by atoms with Gasteiger partial charge in [-0.15, -0.1) is 0 Å². The first kappa shape index (κ1) is 12.2. The third kappa shape index (κ3) is 3.07. The van der Waals surface area contributed by atoms with Crippen LogP contribution in [-0.4, -0.2) is 14.8 Å². The Morgan fingerprint density at radius 3 is 2.43 bits per heavy atom. The fourth-order valence-electron chi connectivity index (χ4n) is 0.989. The number of benzene rings is 1. The fourth-order valence-corrected chi connectivity index (χ4v) is 1.88. The summed E-state index contributed by atoms with van der Waals surface area (Å²) in [4.78, 5) is 10.8. The van der Waals surface area contributed by atoms with Crippen LogP contribution in [0.2, 0.25) is 0 Å². The van der Waals surface area contributed by atoms with Gasteiger partial charge in [0.2, 0.25) is 0 Å². The number of halogens is 3. The number of carbonyl (C=O) groups is 1. The van der Waals surface area contributed by atoms with Gasteiger partial charge in [-0.25, -0.2) is 4.79 Å². The van der Waals surface area contributed by atoms with Gasteiger partial charge in [0.25, 0.3) is 0 Å².